The molecule has 0 bridgehead atoms. The van der Waals surface area contributed by atoms with Crippen LogP contribution in [0.2, 0.25) is 0 Å². The van der Waals surface area contributed by atoms with Crippen molar-refractivity contribution < 1.29 is 4.74 Å². The van der Waals surface area contributed by atoms with Gasteiger partial charge >= 0.3 is 0 Å². The minimum Gasteiger partial charge on any atom is -0.494 e. The first kappa shape index (κ1) is 9.85. The van der Waals surface area contributed by atoms with Crippen LogP contribution < -0.4 is 4.74 Å². The Bertz CT molecular complexity index is 239. The van der Waals surface area contributed by atoms with E-state index in [0.29, 0.717) is 0 Å². The van der Waals surface area contributed by atoms with E-state index < -0.39 is 0 Å². The number of allylic oxidation sites excluding steroid dienone is 2. The fraction of sp³-hybridized carbons (Fsp3) is 0.333. The zero-order chi connectivity index (χ0) is 9.36. The molecule has 0 N–H and O–H groups in total. The molecule has 0 heterocycles. The van der Waals surface area contributed by atoms with Crippen LogP contribution in [0.25, 0.3) is 0 Å². The molecule has 0 saturated carbocycles. The van der Waals surface area contributed by atoms with Crippen molar-refractivity contribution in [3.63, 3.8) is 0 Å². The second kappa shape index (κ2) is 6.30. The Morgan fingerprint density at radius 3 is 3.15 bits per heavy atom. The Labute approximate surface area is 80.0 Å². The molecule has 0 aliphatic rings. The summed E-state index contributed by atoms with van der Waals surface area (Å²) in [5.41, 5.74) is 0. The molecule has 0 aliphatic carbocycles. The molecule has 1 heteroatoms. The summed E-state index contributed by atoms with van der Waals surface area (Å²) in [4.78, 5) is 0. The van der Waals surface area contributed by atoms with Gasteiger partial charge in [-0.05, 0) is 38.0 Å². The first-order valence-electron chi connectivity index (χ1n) is 4.63. The highest BCUT2D eigenvalue weighted by atomic mass is 16.5. The lowest BCUT2D eigenvalue weighted by Gasteiger charge is -2.03. The van der Waals surface area contributed by atoms with Crippen molar-refractivity contribution in [2.24, 2.45) is 0 Å². The molecule has 0 saturated heterocycles. The van der Waals surface area contributed by atoms with Crippen LogP contribution in [0, 0.1) is 6.07 Å². The highest BCUT2D eigenvalue weighted by molar-refractivity contribution is 5.19. The van der Waals surface area contributed by atoms with E-state index in [1.165, 1.54) is 0 Å². The van der Waals surface area contributed by atoms with E-state index in [1.54, 1.807) is 0 Å². The van der Waals surface area contributed by atoms with Gasteiger partial charge in [-0.3, -0.25) is 0 Å². The van der Waals surface area contributed by atoms with Crippen LogP contribution >= 0.6 is 0 Å². The highest BCUT2D eigenvalue weighted by Crippen LogP contribution is 2.08. The standard InChI is InChI=1S/C12H15O/c1-2-3-4-8-11-13-12-9-6-5-7-10-12/h2-3,5-6,9-10H,4,8,11H2,1H3. The summed E-state index contributed by atoms with van der Waals surface area (Å²) in [6, 6.07) is 10.6. The van der Waals surface area contributed by atoms with Crippen molar-refractivity contribution in [2.75, 3.05) is 6.61 Å². The molecule has 1 nitrogen and oxygen atoms in total. The van der Waals surface area contributed by atoms with E-state index in [4.69, 9.17) is 4.74 Å². The Balaban J connectivity index is 2.13. The van der Waals surface area contributed by atoms with Gasteiger partial charge in [-0.1, -0.05) is 24.3 Å². The summed E-state index contributed by atoms with van der Waals surface area (Å²) in [5, 5.41) is 0. The number of hydrogen-bond acceptors (Lipinski definition) is 1. The van der Waals surface area contributed by atoms with Gasteiger partial charge < -0.3 is 4.74 Å². The van der Waals surface area contributed by atoms with Crippen molar-refractivity contribution >= 4 is 0 Å². The number of unbranched alkanes of at least 4 members (excludes halogenated alkanes) is 1. The summed E-state index contributed by atoms with van der Waals surface area (Å²) in [6.07, 6.45) is 6.38. The van der Waals surface area contributed by atoms with Crippen LogP contribution in [0.15, 0.2) is 36.4 Å². The van der Waals surface area contributed by atoms with Gasteiger partial charge in [0.2, 0.25) is 0 Å². The third-order valence-electron chi connectivity index (χ3n) is 1.70. The molecule has 1 aromatic carbocycles. The number of benzene rings is 1. The maximum Gasteiger partial charge on any atom is 0.119 e. The lowest BCUT2D eigenvalue weighted by atomic mass is 10.3. The van der Waals surface area contributed by atoms with Crippen molar-refractivity contribution in [3.8, 4) is 5.75 Å². The molecule has 0 spiro atoms. The minimum absolute atomic E-state index is 0.780. The second-order valence-corrected chi connectivity index (χ2v) is 2.80. The van der Waals surface area contributed by atoms with Gasteiger partial charge in [-0.25, -0.2) is 0 Å². The van der Waals surface area contributed by atoms with Gasteiger partial charge in [-0.2, -0.15) is 0 Å². The molecular weight excluding hydrogens is 160 g/mol. The predicted octanol–water partition coefficient (Wildman–Crippen LogP) is 3.22. The summed E-state index contributed by atoms with van der Waals surface area (Å²) < 4.78 is 5.49. The topological polar surface area (TPSA) is 9.23 Å². The first-order valence-corrected chi connectivity index (χ1v) is 4.63. The van der Waals surface area contributed by atoms with E-state index >= 15 is 0 Å². The second-order valence-electron chi connectivity index (χ2n) is 2.80. The molecule has 69 valence electrons. The fourth-order valence-corrected chi connectivity index (χ4v) is 1.02. The molecule has 1 radical (unpaired) electrons. The van der Waals surface area contributed by atoms with Gasteiger partial charge in [0.1, 0.15) is 5.75 Å². The highest BCUT2D eigenvalue weighted by Gasteiger charge is 1.89. The van der Waals surface area contributed by atoms with Gasteiger partial charge in [-0.15, -0.1) is 0 Å². The van der Waals surface area contributed by atoms with Gasteiger partial charge in [0.25, 0.3) is 0 Å². The van der Waals surface area contributed by atoms with Crippen LogP contribution in [-0.2, 0) is 0 Å². The minimum atomic E-state index is 0.780. The molecule has 13 heavy (non-hydrogen) atoms. The molecule has 1 aromatic rings. The predicted molar refractivity (Wildman–Crippen MR) is 54.8 cm³/mol. The average Bonchev–Trinajstić information content (AvgIpc) is 2.19. The fourth-order valence-electron chi connectivity index (χ4n) is 1.02. The van der Waals surface area contributed by atoms with Gasteiger partial charge in [0, 0.05) is 0 Å². The van der Waals surface area contributed by atoms with Crippen LogP contribution in [0.4, 0.5) is 0 Å². The molecule has 1 rings (SSSR count). The molecule has 0 fully saturated rings. The molecule has 0 atom stereocenters. The van der Waals surface area contributed by atoms with Crippen molar-refractivity contribution in [2.45, 2.75) is 19.8 Å². The number of rotatable bonds is 5. The van der Waals surface area contributed by atoms with Crippen molar-refractivity contribution in [1.29, 1.82) is 0 Å². The van der Waals surface area contributed by atoms with E-state index in [9.17, 15) is 0 Å². The Kier molecular flexibility index (Phi) is 4.77. The van der Waals surface area contributed by atoms with E-state index in [2.05, 4.69) is 18.2 Å². The van der Waals surface area contributed by atoms with Crippen LogP contribution in [0.5, 0.6) is 5.75 Å². The van der Waals surface area contributed by atoms with Crippen molar-refractivity contribution in [3.05, 3.63) is 42.5 Å². The number of hydrogen-bond donors (Lipinski definition) is 0. The molecular formula is C12H15O. The summed E-state index contributed by atoms with van der Waals surface area (Å²) in [7, 11) is 0. The van der Waals surface area contributed by atoms with E-state index in [-0.39, 0.29) is 0 Å². The largest absolute Gasteiger partial charge is 0.494 e. The SMILES string of the molecule is CC=CCCCOc1c[c]ccc1. The zero-order valence-corrected chi connectivity index (χ0v) is 7.99. The molecule has 0 aromatic heterocycles. The molecule has 0 amide bonds. The zero-order valence-electron chi connectivity index (χ0n) is 7.99. The molecule has 0 aliphatic heterocycles. The summed E-state index contributed by atoms with van der Waals surface area (Å²) in [5.74, 6) is 0.906. The average molecular weight is 175 g/mol. The first-order chi connectivity index (χ1) is 6.43. The monoisotopic (exact) mass is 175 g/mol. The summed E-state index contributed by atoms with van der Waals surface area (Å²) >= 11 is 0. The third-order valence-corrected chi connectivity index (χ3v) is 1.70. The lowest BCUT2D eigenvalue weighted by Crippen LogP contribution is -1.95. The quantitative estimate of drug-likeness (QED) is 0.493. The summed E-state index contributed by atoms with van der Waals surface area (Å²) in [6.45, 7) is 2.81. The van der Waals surface area contributed by atoms with Crippen LogP contribution in [0.3, 0.4) is 0 Å². The Hall–Kier alpha value is -1.24. The Morgan fingerprint density at radius 2 is 2.46 bits per heavy atom. The van der Waals surface area contributed by atoms with Gasteiger partial charge in [0.05, 0.1) is 6.61 Å². The maximum absolute atomic E-state index is 5.49. The number of ether oxygens (including phenoxy) is 1. The smallest absolute Gasteiger partial charge is 0.119 e. The normalized spacial score (nSPS) is 10.5. The van der Waals surface area contributed by atoms with Crippen LogP contribution in [-0.4, -0.2) is 6.61 Å². The lowest BCUT2D eigenvalue weighted by molar-refractivity contribution is 0.312. The maximum atomic E-state index is 5.49. The third kappa shape index (κ3) is 4.36. The van der Waals surface area contributed by atoms with Gasteiger partial charge in [0.15, 0.2) is 0 Å². The molecule has 0 unspecified atom stereocenters. The van der Waals surface area contributed by atoms with E-state index in [0.717, 1.165) is 25.2 Å². The van der Waals surface area contributed by atoms with E-state index in [1.807, 2.05) is 31.2 Å². The van der Waals surface area contributed by atoms with Crippen molar-refractivity contribution in [1.82, 2.24) is 0 Å². The van der Waals surface area contributed by atoms with Crippen LogP contribution in [0.1, 0.15) is 19.8 Å². The Morgan fingerprint density at radius 1 is 1.54 bits per heavy atom.